The fourth-order valence-corrected chi connectivity index (χ4v) is 2.41. The third-order valence-electron chi connectivity index (χ3n) is 3.72. The summed E-state index contributed by atoms with van der Waals surface area (Å²) in [5.74, 6) is 0.920. The van der Waals surface area contributed by atoms with Crippen molar-refractivity contribution in [2.45, 2.75) is 38.1 Å². The Balaban J connectivity index is 1.83. The van der Waals surface area contributed by atoms with E-state index in [1.807, 2.05) is 17.9 Å². The summed E-state index contributed by atoms with van der Waals surface area (Å²) < 4.78 is 1.98. The Kier molecular flexibility index (Phi) is 3.41. The van der Waals surface area contributed by atoms with Gasteiger partial charge < -0.3 is 5.32 Å². The van der Waals surface area contributed by atoms with E-state index in [1.54, 1.807) is 0 Å². The molecule has 0 radical (unpaired) electrons. The molecule has 0 aromatic carbocycles. The van der Waals surface area contributed by atoms with Gasteiger partial charge in [0, 0.05) is 25.0 Å². The smallest absolute Gasteiger partial charge is 0.0492 e. The van der Waals surface area contributed by atoms with Crippen LogP contribution in [-0.4, -0.2) is 22.9 Å². The normalized spacial score (nSPS) is 18.8. The maximum atomic E-state index is 4.20. The zero-order valence-corrected chi connectivity index (χ0v) is 9.74. The molecule has 1 aromatic heterocycles. The zero-order chi connectivity index (χ0) is 10.7. The van der Waals surface area contributed by atoms with Crippen LogP contribution in [0.15, 0.2) is 12.3 Å². The molecular formula is C12H21N3. The minimum Gasteiger partial charge on any atom is -0.317 e. The van der Waals surface area contributed by atoms with Crippen LogP contribution in [0.2, 0.25) is 0 Å². The van der Waals surface area contributed by atoms with Crippen molar-refractivity contribution < 1.29 is 0 Å². The van der Waals surface area contributed by atoms with Crippen molar-refractivity contribution in [3.8, 4) is 0 Å². The Morgan fingerprint density at radius 1 is 1.60 bits per heavy atom. The Labute approximate surface area is 91.9 Å². The fourth-order valence-electron chi connectivity index (χ4n) is 2.41. The molecular weight excluding hydrogens is 186 g/mol. The summed E-state index contributed by atoms with van der Waals surface area (Å²) in [7, 11) is 4.11. The Morgan fingerprint density at radius 3 is 2.87 bits per heavy atom. The molecule has 1 heterocycles. The summed E-state index contributed by atoms with van der Waals surface area (Å²) >= 11 is 0. The number of nitrogens with one attached hydrogen (secondary N) is 1. The predicted octanol–water partition coefficient (Wildman–Crippen LogP) is 1.74. The third-order valence-corrected chi connectivity index (χ3v) is 3.72. The van der Waals surface area contributed by atoms with Crippen molar-refractivity contribution in [2.24, 2.45) is 13.0 Å². The van der Waals surface area contributed by atoms with E-state index in [0.717, 1.165) is 12.3 Å². The van der Waals surface area contributed by atoms with Crippen LogP contribution in [0.25, 0.3) is 0 Å². The average Bonchev–Trinajstić information content (AvgIpc) is 2.55. The van der Waals surface area contributed by atoms with Gasteiger partial charge in [-0.25, -0.2) is 0 Å². The van der Waals surface area contributed by atoms with Crippen molar-refractivity contribution in [1.29, 1.82) is 0 Å². The van der Waals surface area contributed by atoms with Gasteiger partial charge in [-0.1, -0.05) is 6.42 Å². The Morgan fingerprint density at radius 2 is 2.40 bits per heavy atom. The molecule has 2 rings (SSSR count). The molecule has 0 spiro atoms. The second-order valence-electron chi connectivity index (χ2n) is 4.57. The highest BCUT2D eigenvalue weighted by molar-refractivity contribution is 5.01. The van der Waals surface area contributed by atoms with Gasteiger partial charge in [0.15, 0.2) is 0 Å². The molecule has 0 amide bonds. The van der Waals surface area contributed by atoms with E-state index in [4.69, 9.17) is 0 Å². The first-order chi connectivity index (χ1) is 7.31. The highest BCUT2D eigenvalue weighted by Gasteiger charge is 2.25. The maximum absolute atomic E-state index is 4.20. The summed E-state index contributed by atoms with van der Waals surface area (Å²) in [6.45, 7) is 0. The van der Waals surface area contributed by atoms with Crippen LogP contribution in [0.3, 0.4) is 0 Å². The van der Waals surface area contributed by atoms with E-state index < -0.39 is 0 Å². The lowest BCUT2D eigenvalue weighted by atomic mass is 9.78. The topological polar surface area (TPSA) is 29.9 Å². The number of rotatable bonds is 5. The highest BCUT2D eigenvalue weighted by atomic mass is 15.2. The molecule has 1 fully saturated rings. The van der Waals surface area contributed by atoms with Crippen molar-refractivity contribution in [3.05, 3.63) is 18.0 Å². The van der Waals surface area contributed by atoms with E-state index in [0.29, 0.717) is 6.04 Å². The number of hydrogen-bond acceptors (Lipinski definition) is 2. The van der Waals surface area contributed by atoms with Gasteiger partial charge in [0.1, 0.15) is 0 Å². The number of hydrogen-bond donors (Lipinski definition) is 1. The summed E-state index contributed by atoms with van der Waals surface area (Å²) in [5, 5.41) is 7.65. The Hall–Kier alpha value is -0.830. The molecule has 0 aliphatic heterocycles. The van der Waals surface area contributed by atoms with E-state index in [9.17, 15) is 0 Å². The molecule has 15 heavy (non-hydrogen) atoms. The lowest BCUT2D eigenvalue weighted by Gasteiger charge is -2.33. The van der Waals surface area contributed by atoms with Gasteiger partial charge in [0.2, 0.25) is 0 Å². The van der Waals surface area contributed by atoms with Crippen molar-refractivity contribution in [3.63, 3.8) is 0 Å². The van der Waals surface area contributed by atoms with Crippen molar-refractivity contribution in [1.82, 2.24) is 15.1 Å². The predicted molar refractivity (Wildman–Crippen MR) is 61.7 cm³/mol. The van der Waals surface area contributed by atoms with Crippen LogP contribution in [0.5, 0.6) is 0 Å². The molecule has 1 aliphatic rings. The standard InChI is InChI=1S/C12H21N3/c1-13-12(10-4-3-5-10)7-6-11-8-9-14-15(11)2/h8-10,12-13H,3-7H2,1-2H3. The molecule has 1 unspecified atom stereocenters. The van der Waals surface area contributed by atoms with Crippen LogP contribution >= 0.6 is 0 Å². The molecule has 3 nitrogen and oxygen atoms in total. The van der Waals surface area contributed by atoms with Crippen LogP contribution in [0, 0.1) is 5.92 Å². The first kappa shape index (κ1) is 10.7. The average molecular weight is 207 g/mol. The minimum absolute atomic E-state index is 0.702. The molecule has 3 heteroatoms. The third kappa shape index (κ3) is 2.40. The molecule has 1 aromatic rings. The molecule has 84 valence electrons. The van der Waals surface area contributed by atoms with Crippen molar-refractivity contribution in [2.75, 3.05) is 7.05 Å². The van der Waals surface area contributed by atoms with Gasteiger partial charge in [0.25, 0.3) is 0 Å². The first-order valence-corrected chi connectivity index (χ1v) is 5.95. The molecule has 0 bridgehead atoms. The summed E-state index contributed by atoms with van der Waals surface area (Å²) in [4.78, 5) is 0. The van der Waals surface area contributed by atoms with Crippen LogP contribution in [-0.2, 0) is 13.5 Å². The lowest BCUT2D eigenvalue weighted by molar-refractivity contribution is 0.227. The van der Waals surface area contributed by atoms with E-state index >= 15 is 0 Å². The van der Waals surface area contributed by atoms with E-state index in [-0.39, 0.29) is 0 Å². The molecule has 1 saturated carbocycles. The number of aryl methyl sites for hydroxylation is 2. The first-order valence-electron chi connectivity index (χ1n) is 5.95. The summed E-state index contributed by atoms with van der Waals surface area (Å²) in [6, 6.07) is 2.82. The number of aromatic nitrogens is 2. The fraction of sp³-hybridized carbons (Fsp3) is 0.750. The summed E-state index contributed by atoms with van der Waals surface area (Å²) in [5.41, 5.74) is 1.34. The quantitative estimate of drug-likeness (QED) is 0.797. The van der Waals surface area contributed by atoms with Gasteiger partial charge in [-0.2, -0.15) is 5.10 Å². The second kappa shape index (κ2) is 4.79. The largest absolute Gasteiger partial charge is 0.317 e. The van der Waals surface area contributed by atoms with E-state index in [1.165, 1.54) is 31.4 Å². The molecule has 1 aliphatic carbocycles. The van der Waals surface area contributed by atoms with Gasteiger partial charge in [0.05, 0.1) is 0 Å². The Bertz CT molecular complexity index is 302. The molecule has 1 N–H and O–H groups in total. The van der Waals surface area contributed by atoms with E-state index in [2.05, 4.69) is 23.5 Å². The second-order valence-corrected chi connectivity index (χ2v) is 4.57. The molecule has 0 saturated heterocycles. The highest BCUT2D eigenvalue weighted by Crippen LogP contribution is 2.31. The zero-order valence-electron chi connectivity index (χ0n) is 9.74. The van der Waals surface area contributed by atoms with Gasteiger partial charge in [-0.3, -0.25) is 4.68 Å². The minimum atomic E-state index is 0.702. The lowest BCUT2D eigenvalue weighted by Crippen LogP contribution is -2.37. The van der Waals surface area contributed by atoms with Gasteiger partial charge in [-0.05, 0) is 44.7 Å². The van der Waals surface area contributed by atoms with Crippen molar-refractivity contribution >= 4 is 0 Å². The number of nitrogens with zero attached hydrogens (tertiary/aromatic N) is 2. The summed E-state index contributed by atoms with van der Waals surface area (Å²) in [6.07, 6.45) is 8.51. The SMILES string of the molecule is CNC(CCc1ccnn1C)C1CCC1. The maximum Gasteiger partial charge on any atom is 0.0492 e. The molecule has 1 atom stereocenters. The monoisotopic (exact) mass is 207 g/mol. The van der Waals surface area contributed by atoms with Crippen LogP contribution in [0.1, 0.15) is 31.4 Å². The van der Waals surface area contributed by atoms with Gasteiger partial charge >= 0.3 is 0 Å². The van der Waals surface area contributed by atoms with Gasteiger partial charge in [-0.15, -0.1) is 0 Å². The van der Waals surface area contributed by atoms with Crippen LogP contribution in [0.4, 0.5) is 0 Å². The van der Waals surface area contributed by atoms with Crippen LogP contribution < -0.4 is 5.32 Å².